The second-order valence-corrected chi connectivity index (χ2v) is 5.19. The molecule has 4 heteroatoms. The highest BCUT2D eigenvalue weighted by Gasteiger charge is 2.33. The molecule has 0 aromatic carbocycles. The topological polar surface area (TPSA) is 37.4 Å². The molecule has 2 fully saturated rings. The fourth-order valence-corrected chi connectivity index (χ4v) is 2.96. The fourth-order valence-electron chi connectivity index (χ4n) is 2.96. The molecule has 3 rings (SSSR count). The highest BCUT2D eigenvalue weighted by atomic mass is 16.5. The van der Waals surface area contributed by atoms with Crippen LogP contribution in [-0.4, -0.2) is 41.7 Å². The van der Waals surface area contributed by atoms with Gasteiger partial charge in [0.25, 0.3) is 0 Å². The number of nitrogens with one attached hydrogen (secondary N) is 1. The summed E-state index contributed by atoms with van der Waals surface area (Å²) in [7, 11) is 0. The van der Waals surface area contributed by atoms with Crippen LogP contribution in [0.1, 0.15) is 25.3 Å². The number of anilines is 1. The second-order valence-electron chi connectivity index (χ2n) is 5.19. The van der Waals surface area contributed by atoms with E-state index in [-0.39, 0.29) is 0 Å². The van der Waals surface area contributed by atoms with E-state index < -0.39 is 0 Å². The van der Waals surface area contributed by atoms with Crippen LogP contribution >= 0.6 is 0 Å². The molecule has 1 N–H and O–H groups in total. The van der Waals surface area contributed by atoms with Crippen molar-refractivity contribution < 1.29 is 4.74 Å². The van der Waals surface area contributed by atoms with Crippen molar-refractivity contribution in [3.8, 4) is 0 Å². The summed E-state index contributed by atoms with van der Waals surface area (Å²) in [5.74, 6) is 1.03. The average molecular weight is 247 g/mol. The Labute approximate surface area is 108 Å². The smallest absolute Gasteiger partial charge is 0.130 e. The van der Waals surface area contributed by atoms with Gasteiger partial charge in [0.1, 0.15) is 5.82 Å². The summed E-state index contributed by atoms with van der Waals surface area (Å²) in [5, 5.41) is 3.33. The molecule has 2 aliphatic heterocycles. The Hall–Kier alpha value is -1.13. The molecule has 0 radical (unpaired) electrons. The van der Waals surface area contributed by atoms with Crippen molar-refractivity contribution in [1.29, 1.82) is 0 Å². The van der Waals surface area contributed by atoms with Crippen LogP contribution in [0.2, 0.25) is 0 Å². The lowest BCUT2D eigenvalue weighted by Gasteiger charge is -2.32. The third-order valence-corrected chi connectivity index (χ3v) is 3.75. The summed E-state index contributed by atoms with van der Waals surface area (Å²) < 4.78 is 5.87. The Morgan fingerprint density at radius 1 is 1.39 bits per heavy atom. The highest BCUT2D eigenvalue weighted by Crippen LogP contribution is 2.27. The van der Waals surface area contributed by atoms with Crippen LogP contribution in [0.25, 0.3) is 0 Å². The van der Waals surface area contributed by atoms with Gasteiger partial charge in [0.2, 0.25) is 0 Å². The SMILES string of the molecule is CCNc1ncccc1CN1CC2CCC(C1)O2. The van der Waals surface area contributed by atoms with E-state index >= 15 is 0 Å². The minimum Gasteiger partial charge on any atom is -0.372 e. The van der Waals surface area contributed by atoms with E-state index in [2.05, 4.69) is 28.2 Å². The highest BCUT2D eigenvalue weighted by molar-refractivity contribution is 5.43. The van der Waals surface area contributed by atoms with Gasteiger partial charge < -0.3 is 10.1 Å². The van der Waals surface area contributed by atoms with Gasteiger partial charge in [-0.15, -0.1) is 0 Å². The van der Waals surface area contributed by atoms with Crippen molar-refractivity contribution in [3.63, 3.8) is 0 Å². The molecule has 3 heterocycles. The van der Waals surface area contributed by atoms with Crippen molar-refractivity contribution in [1.82, 2.24) is 9.88 Å². The molecule has 98 valence electrons. The van der Waals surface area contributed by atoms with Gasteiger partial charge in [0.05, 0.1) is 12.2 Å². The van der Waals surface area contributed by atoms with E-state index in [9.17, 15) is 0 Å². The number of likely N-dealkylation sites (tertiary alicyclic amines) is 1. The molecule has 0 saturated carbocycles. The molecule has 0 amide bonds. The standard InChI is InChI=1S/C14H21N3O/c1-2-15-14-11(4-3-7-16-14)8-17-9-12-5-6-13(10-17)18-12/h3-4,7,12-13H,2,5-6,8-10H2,1H3,(H,15,16). The molecule has 18 heavy (non-hydrogen) atoms. The lowest BCUT2D eigenvalue weighted by molar-refractivity contribution is -0.0410. The van der Waals surface area contributed by atoms with Gasteiger partial charge in [0, 0.05) is 37.9 Å². The minimum absolute atomic E-state index is 0.461. The summed E-state index contributed by atoms with van der Waals surface area (Å²) in [4.78, 5) is 6.92. The quantitative estimate of drug-likeness (QED) is 0.881. The number of hydrogen-bond acceptors (Lipinski definition) is 4. The molecule has 2 atom stereocenters. The van der Waals surface area contributed by atoms with Crippen LogP contribution in [-0.2, 0) is 11.3 Å². The average Bonchev–Trinajstić information content (AvgIpc) is 2.72. The molecular weight excluding hydrogens is 226 g/mol. The molecule has 1 aromatic heterocycles. The van der Waals surface area contributed by atoms with Gasteiger partial charge in [-0.25, -0.2) is 4.98 Å². The van der Waals surface area contributed by atoms with Crippen molar-refractivity contribution in [3.05, 3.63) is 23.9 Å². The molecule has 2 aliphatic rings. The Morgan fingerprint density at radius 3 is 2.89 bits per heavy atom. The summed E-state index contributed by atoms with van der Waals surface area (Å²) in [5.41, 5.74) is 1.29. The van der Waals surface area contributed by atoms with Crippen LogP contribution < -0.4 is 5.32 Å². The maximum absolute atomic E-state index is 5.87. The van der Waals surface area contributed by atoms with Crippen LogP contribution in [0.4, 0.5) is 5.82 Å². The van der Waals surface area contributed by atoms with E-state index in [1.54, 1.807) is 0 Å². The Kier molecular flexibility index (Phi) is 3.48. The number of hydrogen-bond donors (Lipinski definition) is 1. The van der Waals surface area contributed by atoms with Crippen LogP contribution in [0.3, 0.4) is 0 Å². The summed E-state index contributed by atoms with van der Waals surface area (Å²) in [6.07, 6.45) is 5.23. The number of nitrogens with zero attached hydrogens (tertiary/aromatic N) is 2. The summed E-state index contributed by atoms with van der Waals surface area (Å²) >= 11 is 0. The molecule has 2 unspecified atom stereocenters. The Morgan fingerprint density at radius 2 is 2.17 bits per heavy atom. The fraction of sp³-hybridized carbons (Fsp3) is 0.643. The molecule has 2 saturated heterocycles. The maximum atomic E-state index is 5.87. The number of fused-ring (bicyclic) bond motifs is 2. The lowest BCUT2D eigenvalue weighted by Crippen LogP contribution is -2.42. The van der Waals surface area contributed by atoms with Crippen LogP contribution in [0.5, 0.6) is 0 Å². The molecule has 1 aromatic rings. The van der Waals surface area contributed by atoms with E-state index in [1.165, 1.54) is 18.4 Å². The van der Waals surface area contributed by atoms with Crippen LogP contribution in [0, 0.1) is 0 Å². The zero-order valence-corrected chi connectivity index (χ0v) is 10.9. The molecule has 4 nitrogen and oxygen atoms in total. The molecular formula is C14H21N3O. The van der Waals surface area contributed by atoms with E-state index in [0.717, 1.165) is 32.0 Å². The number of aromatic nitrogens is 1. The van der Waals surface area contributed by atoms with Gasteiger partial charge in [-0.1, -0.05) is 6.07 Å². The molecule has 2 bridgehead atoms. The first-order chi connectivity index (χ1) is 8.85. The van der Waals surface area contributed by atoms with Crippen molar-refractivity contribution in [2.75, 3.05) is 25.0 Å². The second kappa shape index (κ2) is 5.24. The number of ether oxygens (including phenoxy) is 1. The first-order valence-electron chi connectivity index (χ1n) is 6.90. The summed E-state index contributed by atoms with van der Waals surface area (Å²) in [6, 6.07) is 4.19. The van der Waals surface area contributed by atoms with E-state index in [4.69, 9.17) is 4.74 Å². The van der Waals surface area contributed by atoms with Gasteiger partial charge in [-0.05, 0) is 25.8 Å². The lowest BCUT2D eigenvalue weighted by atomic mass is 10.2. The third kappa shape index (κ3) is 2.49. The predicted octanol–water partition coefficient (Wildman–Crippen LogP) is 1.88. The number of pyridine rings is 1. The monoisotopic (exact) mass is 247 g/mol. The zero-order chi connectivity index (χ0) is 12.4. The van der Waals surface area contributed by atoms with Gasteiger partial charge >= 0.3 is 0 Å². The van der Waals surface area contributed by atoms with E-state index in [0.29, 0.717) is 12.2 Å². The van der Waals surface area contributed by atoms with Gasteiger partial charge in [-0.3, -0.25) is 4.90 Å². The Bertz CT molecular complexity index is 398. The van der Waals surface area contributed by atoms with Crippen molar-refractivity contribution in [2.24, 2.45) is 0 Å². The predicted molar refractivity (Wildman–Crippen MR) is 71.6 cm³/mol. The number of morpholine rings is 1. The van der Waals surface area contributed by atoms with Gasteiger partial charge in [0.15, 0.2) is 0 Å². The first kappa shape index (κ1) is 11.9. The summed E-state index contributed by atoms with van der Waals surface area (Å²) in [6.45, 7) is 6.13. The largest absolute Gasteiger partial charge is 0.372 e. The van der Waals surface area contributed by atoms with Gasteiger partial charge in [-0.2, -0.15) is 0 Å². The minimum atomic E-state index is 0.461. The third-order valence-electron chi connectivity index (χ3n) is 3.75. The molecule has 0 spiro atoms. The number of rotatable bonds is 4. The van der Waals surface area contributed by atoms with Crippen molar-refractivity contribution in [2.45, 2.75) is 38.5 Å². The van der Waals surface area contributed by atoms with Crippen molar-refractivity contribution >= 4 is 5.82 Å². The maximum Gasteiger partial charge on any atom is 0.130 e. The Balaban J connectivity index is 1.68. The normalized spacial score (nSPS) is 27.4. The van der Waals surface area contributed by atoms with Crippen LogP contribution in [0.15, 0.2) is 18.3 Å². The zero-order valence-electron chi connectivity index (χ0n) is 10.9. The van der Waals surface area contributed by atoms with E-state index in [1.807, 2.05) is 12.3 Å². The molecule has 0 aliphatic carbocycles. The first-order valence-corrected chi connectivity index (χ1v) is 6.90.